The maximum Gasteiger partial charge on any atom is 0.157 e. The molecule has 2 heteroatoms. The van der Waals surface area contributed by atoms with Crippen LogP contribution in [-0.4, -0.2) is 31.3 Å². The Morgan fingerprint density at radius 3 is 1.78 bits per heavy atom. The molecule has 0 aliphatic heterocycles. The van der Waals surface area contributed by atoms with Gasteiger partial charge >= 0.3 is 0 Å². The maximum absolute atomic E-state index is 11.3. The number of hydrogen-bond donors (Lipinski definition) is 0. The molecule has 0 unspecified atom stereocenters. The second-order valence-corrected chi connectivity index (χ2v) is 5.59. The molecular weight excluding hydrogens is 222 g/mol. The third kappa shape index (κ3) is 11.8. The van der Waals surface area contributed by atoms with Gasteiger partial charge in [0.25, 0.3) is 0 Å². The van der Waals surface area contributed by atoms with Crippen LogP contribution in [0, 0.1) is 0 Å². The van der Waals surface area contributed by atoms with E-state index >= 15 is 0 Å². The van der Waals surface area contributed by atoms with E-state index < -0.39 is 0 Å². The number of carbonyl (C=O) groups is 1. The highest BCUT2D eigenvalue weighted by Gasteiger charge is 2.01. The van der Waals surface area contributed by atoms with Crippen LogP contribution in [0.5, 0.6) is 0 Å². The molecule has 0 heterocycles. The highest BCUT2D eigenvalue weighted by Crippen LogP contribution is 2.11. The van der Waals surface area contributed by atoms with Crippen LogP contribution in [0.1, 0.15) is 64.7 Å². The van der Waals surface area contributed by atoms with Crippen LogP contribution in [0.15, 0.2) is 12.2 Å². The van der Waals surface area contributed by atoms with E-state index in [4.69, 9.17) is 0 Å². The molecule has 0 rings (SSSR count). The first-order valence-electron chi connectivity index (χ1n) is 7.37. The second-order valence-electron chi connectivity index (χ2n) is 5.59. The molecule has 0 aromatic heterocycles. The van der Waals surface area contributed by atoms with E-state index in [2.05, 4.69) is 25.6 Å². The lowest BCUT2D eigenvalue weighted by atomic mass is 10.0. The first kappa shape index (κ1) is 17.4. The highest BCUT2D eigenvalue weighted by atomic mass is 16.1. The Balaban J connectivity index is 3.12. The van der Waals surface area contributed by atoms with Crippen molar-refractivity contribution < 1.29 is 4.79 Å². The zero-order chi connectivity index (χ0) is 13.8. The molecule has 18 heavy (non-hydrogen) atoms. The monoisotopic (exact) mass is 253 g/mol. The zero-order valence-electron chi connectivity index (χ0n) is 12.6. The molecule has 0 saturated carbocycles. The molecule has 0 bridgehead atoms. The third-order valence-electron chi connectivity index (χ3n) is 3.24. The lowest BCUT2D eigenvalue weighted by Gasteiger charge is -2.08. The van der Waals surface area contributed by atoms with Crippen molar-refractivity contribution in [3.05, 3.63) is 12.2 Å². The molecule has 0 aromatic rings. The van der Waals surface area contributed by atoms with Gasteiger partial charge in [-0.25, -0.2) is 0 Å². The van der Waals surface area contributed by atoms with Crippen LogP contribution in [0.2, 0.25) is 0 Å². The average Bonchev–Trinajstić information content (AvgIpc) is 2.30. The Labute approximate surface area is 113 Å². The van der Waals surface area contributed by atoms with Crippen molar-refractivity contribution in [2.24, 2.45) is 0 Å². The molecule has 0 N–H and O–H groups in total. The number of rotatable bonds is 12. The predicted octanol–water partition coefficient (Wildman–Crippen LogP) is 4.20. The molecule has 0 atom stereocenters. The third-order valence-corrected chi connectivity index (χ3v) is 3.24. The van der Waals surface area contributed by atoms with Crippen LogP contribution in [0.3, 0.4) is 0 Å². The van der Waals surface area contributed by atoms with Gasteiger partial charge in [-0.1, -0.05) is 45.1 Å². The van der Waals surface area contributed by atoms with E-state index in [0.717, 1.165) is 6.42 Å². The Bertz CT molecular complexity index is 233. The number of carbonyl (C=O) groups excluding carboxylic acids is 1. The van der Waals surface area contributed by atoms with Crippen molar-refractivity contribution in [3.63, 3.8) is 0 Å². The van der Waals surface area contributed by atoms with Crippen molar-refractivity contribution in [2.45, 2.75) is 64.7 Å². The lowest BCUT2D eigenvalue weighted by Crippen LogP contribution is -2.12. The average molecular weight is 253 g/mol. The van der Waals surface area contributed by atoms with E-state index in [1.54, 1.807) is 6.92 Å². The number of nitrogens with zero attached hydrogens (tertiary/aromatic N) is 1. The summed E-state index contributed by atoms with van der Waals surface area (Å²) in [7, 11) is 4.26. The normalized spacial score (nSPS) is 10.9. The summed E-state index contributed by atoms with van der Waals surface area (Å²) >= 11 is 0. The largest absolute Gasteiger partial charge is 0.309 e. The fourth-order valence-corrected chi connectivity index (χ4v) is 1.99. The molecule has 0 aromatic carbocycles. The quantitative estimate of drug-likeness (QED) is 0.384. The van der Waals surface area contributed by atoms with Crippen LogP contribution < -0.4 is 0 Å². The molecule has 0 radical (unpaired) electrons. The highest BCUT2D eigenvalue weighted by molar-refractivity contribution is 5.93. The minimum Gasteiger partial charge on any atom is -0.309 e. The molecular formula is C16H31NO. The summed E-state index contributed by atoms with van der Waals surface area (Å²) in [6, 6.07) is 0. The molecule has 0 saturated heterocycles. The minimum atomic E-state index is 0.235. The topological polar surface area (TPSA) is 20.3 Å². The molecule has 2 nitrogen and oxygen atoms in total. The Morgan fingerprint density at radius 2 is 1.33 bits per heavy atom. The van der Waals surface area contributed by atoms with Gasteiger partial charge < -0.3 is 4.90 Å². The standard InChI is InChI=1S/C16H31NO/c1-15(2)16(18)13-11-9-7-5-6-8-10-12-14-17(3)4/h1,5-14H2,2-4H3. The molecule has 0 aliphatic carbocycles. The van der Waals surface area contributed by atoms with Crippen molar-refractivity contribution in [1.82, 2.24) is 4.90 Å². The zero-order valence-corrected chi connectivity index (χ0v) is 12.6. The summed E-state index contributed by atoms with van der Waals surface area (Å²) in [6.07, 6.45) is 10.9. The Morgan fingerprint density at radius 1 is 0.889 bits per heavy atom. The number of hydrogen-bond acceptors (Lipinski definition) is 2. The fraction of sp³-hybridized carbons (Fsp3) is 0.812. The summed E-state index contributed by atoms with van der Waals surface area (Å²) < 4.78 is 0. The number of ketones is 1. The summed E-state index contributed by atoms with van der Waals surface area (Å²) in [5.74, 6) is 0.235. The van der Waals surface area contributed by atoms with Crippen molar-refractivity contribution in [3.8, 4) is 0 Å². The molecule has 106 valence electrons. The van der Waals surface area contributed by atoms with Crippen molar-refractivity contribution >= 4 is 5.78 Å². The smallest absolute Gasteiger partial charge is 0.157 e. The number of Topliss-reactive ketones (excluding diaryl/α,β-unsaturated/α-hetero) is 1. The van der Waals surface area contributed by atoms with E-state index in [1.165, 1.54) is 51.5 Å². The molecule has 0 fully saturated rings. The van der Waals surface area contributed by atoms with Gasteiger partial charge in [0.1, 0.15) is 0 Å². The summed E-state index contributed by atoms with van der Waals surface area (Å²) in [5.41, 5.74) is 0.705. The van der Waals surface area contributed by atoms with Crippen LogP contribution >= 0.6 is 0 Å². The van der Waals surface area contributed by atoms with E-state index in [-0.39, 0.29) is 5.78 Å². The summed E-state index contributed by atoms with van der Waals surface area (Å²) in [4.78, 5) is 13.6. The molecule has 0 amide bonds. The molecule has 0 aliphatic rings. The first-order chi connectivity index (χ1) is 8.54. The summed E-state index contributed by atoms with van der Waals surface area (Å²) in [5, 5.41) is 0. The first-order valence-corrected chi connectivity index (χ1v) is 7.37. The second kappa shape index (κ2) is 11.5. The Kier molecular flexibility index (Phi) is 11.1. The van der Waals surface area contributed by atoms with Crippen LogP contribution in [-0.2, 0) is 4.79 Å². The number of allylic oxidation sites excluding steroid dienone is 1. The minimum absolute atomic E-state index is 0.235. The van der Waals surface area contributed by atoms with Crippen LogP contribution in [0.25, 0.3) is 0 Å². The van der Waals surface area contributed by atoms with Gasteiger partial charge in [-0.05, 0) is 46.0 Å². The van der Waals surface area contributed by atoms with E-state index in [1.807, 2.05) is 0 Å². The van der Waals surface area contributed by atoms with E-state index in [0.29, 0.717) is 12.0 Å². The SMILES string of the molecule is C=C(C)C(=O)CCCCCCCCCCN(C)C. The van der Waals surface area contributed by atoms with E-state index in [9.17, 15) is 4.79 Å². The van der Waals surface area contributed by atoms with Crippen LogP contribution in [0.4, 0.5) is 0 Å². The van der Waals surface area contributed by atoms with Gasteiger partial charge in [0.05, 0.1) is 0 Å². The van der Waals surface area contributed by atoms with Gasteiger partial charge in [-0.3, -0.25) is 4.79 Å². The number of unbranched alkanes of at least 4 members (excludes halogenated alkanes) is 7. The fourth-order valence-electron chi connectivity index (χ4n) is 1.99. The maximum atomic E-state index is 11.3. The van der Waals surface area contributed by atoms with Crippen molar-refractivity contribution in [2.75, 3.05) is 20.6 Å². The summed E-state index contributed by atoms with van der Waals surface area (Å²) in [6.45, 7) is 6.68. The Hall–Kier alpha value is -0.630. The van der Waals surface area contributed by atoms with Gasteiger partial charge in [-0.15, -0.1) is 0 Å². The van der Waals surface area contributed by atoms with Gasteiger partial charge in [0, 0.05) is 6.42 Å². The predicted molar refractivity (Wildman–Crippen MR) is 79.9 cm³/mol. The van der Waals surface area contributed by atoms with Gasteiger partial charge in [-0.2, -0.15) is 0 Å². The van der Waals surface area contributed by atoms with Crippen molar-refractivity contribution in [1.29, 1.82) is 0 Å². The van der Waals surface area contributed by atoms with Gasteiger partial charge in [0.15, 0.2) is 5.78 Å². The lowest BCUT2D eigenvalue weighted by molar-refractivity contribution is -0.115. The molecule has 0 spiro atoms. The van der Waals surface area contributed by atoms with Gasteiger partial charge in [0.2, 0.25) is 0 Å².